The first-order valence-electron chi connectivity index (χ1n) is 6.97. The smallest absolute Gasteiger partial charge is 0.225 e. The monoisotopic (exact) mass is 290 g/mol. The molecule has 0 heterocycles. The lowest BCUT2D eigenvalue weighted by molar-refractivity contribution is -0.121. The van der Waals surface area contributed by atoms with Gasteiger partial charge in [-0.3, -0.25) is 4.79 Å². The lowest BCUT2D eigenvalue weighted by Gasteiger charge is -2.25. The summed E-state index contributed by atoms with van der Waals surface area (Å²) in [4.78, 5) is 12.1. The van der Waals surface area contributed by atoms with Crippen LogP contribution in [0.15, 0.2) is 18.2 Å². The van der Waals surface area contributed by atoms with E-state index in [1.165, 1.54) is 0 Å². The lowest BCUT2D eigenvalue weighted by Crippen LogP contribution is -2.47. The van der Waals surface area contributed by atoms with Crippen LogP contribution in [0.1, 0.15) is 32.3 Å². The molecular weight excluding hydrogens is 268 g/mol. The number of carbonyl (C=O) groups is 1. The van der Waals surface area contributed by atoms with E-state index >= 15 is 0 Å². The Bertz CT molecular complexity index is 531. The third kappa shape index (κ3) is 4.12. The molecule has 21 heavy (non-hydrogen) atoms. The Kier molecular flexibility index (Phi) is 6.04. The number of ether oxygens (including phenoxy) is 2. The van der Waals surface area contributed by atoms with Gasteiger partial charge in [-0.05, 0) is 30.5 Å². The predicted octanol–water partition coefficient (Wildman–Crippen LogP) is 2.44. The van der Waals surface area contributed by atoms with Crippen LogP contribution in [-0.2, 0) is 11.2 Å². The van der Waals surface area contributed by atoms with Crippen molar-refractivity contribution >= 4 is 5.91 Å². The molecule has 5 nitrogen and oxygen atoms in total. The number of nitrogens with one attached hydrogen (secondary N) is 1. The van der Waals surface area contributed by atoms with Crippen molar-refractivity contribution in [2.24, 2.45) is 0 Å². The summed E-state index contributed by atoms with van der Waals surface area (Å²) in [7, 11) is 3.12. The zero-order chi connectivity index (χ0) is 15.9. The molecule has 1 N–H and O–H groups in total. The van der Waals surface area contributed by atoms with E-state index in [-0.39, 0.29) is 12.3 Å². The molecule has 1 aromatic carbocycles. The molecule has 5 heteroatoms. The number of nitriles is 1. The van der Waals surface area contributed by atoms with Crippen LogP contribution in [0.5, 0.6) is 11.5 Å². The molecule has 1 amide bonds. The fourth-order valence-electron chi connectivity index (χ4n) is 2.10. The van der Waals surface area contributed by atoms with Gasteiger partial charge >= 0.3 is 0 Å². The highest BCUT2D eigenvalue weighted by Crippen LogP contribution is 2.27. The summed E-state index contributed by atoms with van der Waals surface area (Å²) in [6.07, 6.45) is 1.36. The van der Waals surface area contributed by atoms with Gasteiger partial charge in [0.2, 0.25) is 5.91 Å². The minimum atomic E-state index is -0.784. The molecule has 0 bridgehead atoms. The molecule has 0 fully saturated rings. The molecule has 0 aliphatic carbocycles. The van der Waals surface area contributed by atoms with Crippen LogP contribution < -0.4 is 14.8 Å². The van der Waals surface area contributed by atoms with Crippen molar-refractivity contribution < 1.29 is 14.3 Å². The second-order valence-corrected chi connectivity index (χ2v) is 4.82. The molecule has 0 aliphatic heterocycles. The largest absolute Gasteiger partial charge is 0.493 e. The van der Waals surface area contributed by atoms with Crippen LogP contribution >= 0.6 is 0 Å². The summed E-state index contributed by atoms with van der Waals surface area (Å²) in [5.41, 5.74) is 0.0254. The van der Waals surface area contributed by atoms with Crippen molar-refractivity contribution in [3.63, 3.8) is 0 Å². The Balaban J connectivity index is 2.82. The molecule has 0 atom stereocenters. The minimum Gasteiger partial charge on any atom is -0.493 e. The molecule has 1 aromatic rings. The minimum absolute atomic E-state index is 0.174. The van der Waals surface area contributed by atoms with E-state index < -0.39 is 5.54 Å². The van der Waals surface area contributed by atoms with Gasteiger partial charge in [0, 0.05) is 0 Å². The van der Waals surface area contributed by atoms with Crippen molar-refractivity contribution in [1.82, 2.24) is 5.32 Å². The molecular formula is C16H22N2O3. The highest BCUT2D eigenvalue weighted by Gasteiger charge is 2.27. The molecule has 0 radical (unpaired) electrons. The molecule has 114 valence electrons. The first-order chi connectivity index (χ1) is 10.0. The average molecular weight is 290 g/mol. The fraction of sp³-hybridized carbons (Fsp3) is 0.500. The summed E-state index contributed by atoms with van der Waals surface area (Å²) in [6, 6.07) is 7.54. The van der Waals surface area contributed by atoms with E-state index in [0.717, 1.165) is 5.56 Å². The Morgan fingerprint density at radius 2 is 1.86 bits per heavy atom. The third-order valence-electron chi connectivity index (χ3n) is 3.61. The van der Waals surface area contributed by atoms with Gasteiger partial charge in [-0.1, -0.05) is 19.9 Å². The number of methoxy groups -OCH3 is 2. The highest BCUT2D eigenvalue weighted by molar-refractivity contribution is 5.80. The number of nitrogens with zero attached hydrogens (tertiary/aromatic N) is 1. The quantitative estimate of drug-likeness (QED) is 0.837. The third-order valence-corrected chi connectivity index (χ3v) is 3.61. The second kappa shape index (κ2) is 7.53. The standard InChI is InChI=1S/C16H22N2O3/c1-5-16(6-2,11-17)18-15(19)10-12-7-8-13(20-3)14(9-12)21-4/h7-9H,5-6,10H2,1-4H3,(H,18,19). The molecule has 0 unspecified atom stereocenters. The van der Waals surface area contributed by atoms with Crippen molar-refractivity contribution in [2.45, 2.75) is 38.6 Å². The molecule has 0 saturated heterocycles. The van der Waals surface area contributed by atoms with Gasteiger partial charge in [-0.25, -0.2) is 0 Å². The number of carbonyl (C=O) groups excluding carboxylic acids is 1. The van der Waals surface area contributed by atoms with Gasteiger partial charge in [0.05, 0.1) is 26.7 Å². The molecule has 0 aliphatic rings. The maximum Gasteiger partial charge on any atom is 0.225 e. The molecule has 0 saturated carbocycles. The highest BCUT2D eigenvalue weighted by atomic mass is 16.5. The van der Waals surface area contributed by atoms with Crippen molar-refractivity contribution in [3.8, 4) is 17.6 Å². The zero-order valence-corrected chi connectivity index (χ0v) is 13.0. The number of rotatable bonds is 7. The van der Waals surface area contributed by atoms with Crippen LogP contribution in [0.2, 0.25) is 0 Å². The van der Waals surface area contributed by atoms with Gasteiger partial charge in [0.15, 0.2) is 11.5 Å². The van der Waals surface area contributed by atoms with Crippen LogP contribution in [-0.4, -0.2) is 25.7 Å². The zero-order valence-electron chi connectivity index (χ0n) is 13.0. The topological polar surface area (TPSA) is 71.4 Å². The van der Waals surface area contributed by atoms with Crippen LogP contribution in [0.3, 0.4) is 0 Å². The van der Waals surface area contributed by atoms with Crippen LogP contribution in [0.25, 0.3) is 0 Å². The Labute approximate surface area is 125 Å². The maximum atomic E-state index is 12.1. The van der Waals surface area contributed by atoms with E-state index in [2.05, 4.69) is 11.4 Å². The molecule has 0 spiro atoms. The van der Waals surface area contributed by atoms with Gasteiger partial charge < -0.3 is 14.8 Å². The first kappa shape index (κ1) is 16.8. The maximum absolute atomic E-state index is 12.1. The van der Waals surface area contributed by atoms with Crippen molar-refractivity contribution in [1.29, 1.82) is 5.26 Å². The van der Waals surface area contributed by atoms with E-state index in [4.69, 9.17) is 9.47 Å². The fourth-order valence-corrected chi connectivity index (χ4v) is 2.10. The molecule has 0 aromatic heterocycles. The summed E-state index contributed by atoms with van der Waals surface area (Å²) in [6.45, 7) is 3.78. The number of benzene rings is 1. The predicted molar refractivity (Wildman–Crippen MR) is 80.3 cm³/mol. The summed E-state index contributed by atoms with van der Waals surface area (Å²) < 4.78 is 10.4. The van der Waals surface area contributed by atoms with Gasteiger partial charge in [0.1, 0.15) is 5.54 Å². The van der Waals surface area contributed by atoms with Crippen LogP contribution in [0.4, 0.5) is 0 Å². The SMILES string of the molecule is CCC(C#N)(CC)NC(=O)Cc1ccc(OC)c(OC)c1. The van der Waals surface area contributed by atoms with Crippen molar-refractivity contribution in [2.75, 3.05) is 14.2 Å². The summed E-state index contributed by atoms with van der Waals surface area (Å²) >= 11 is 0. The van der Waals surface area contributed by atoms with Crippen molar-refractivity contribution in [3.05, 3.63) is 23.8 Å². The van der Waals surface area contributed by atoms with Gasteiger partial charge in [0.25, 0.3) is 0 Å². The van der Waals surface area contributed by atoms with E-state index in [0.29, 0.717) is 24.3 Å². The average Bonchev–Trinajstić information content (AvgIpc) is 2.52. The first-order valence-corrected chi connectivity index (χ1v) is 6.97. The number of amides is 1. The normalized spacial score (nSPS) is 10.6. The van der Waals surface area contributed by atoms with Gasteiger partial charge in [-0.15, -0.1) is 0 Å². The Morgan fingerprint density at radius 3 is 2.33 bits per heavy atom. The van der Waals surface area contributed by atoms with Gasteiger partial charge in [-0.2, -0.15) is 5.26 Å². The second-order valence-electron chi connectivity index (χ2n) is 4.82. The lowest BCUT2D eigenvalue weighted by atomic mass is 9.94. The summed E-state index contributed by atoms with van der Waals surface area (Å²) in [5.74, 6) is 1.03. The Hall–Kier alpha value is -2.22. The Morgan fingerprint density at radius 1 is 1.24 bits per heavy atom. The summed E-state index contributed by atoms with van der Waals surface area (Å²) in [5, 5.41) is 12.1. The van der Waals surface area contributed by atoms with E-state index in [1.54, 1.807) is 26.4 Å². The van der Waals surface area contributed by atoms with E-state index in [9.17, 15) is 10.1 Å². The number of hydrogen-bond donors (Lipinski definition) is 1. The van der Waals surface area contributed by atoms with E-state index in [1.807, 2.05) is 19.9 Å². The van der Waals surface area contributed by atoms with Crippen LogP contribution in [0, 0.1) is 11.3 Å². The number of hydrogen-bond acceptors (Lipinski definition) is 4. The molecule has 1 rings (SSSR count).